The molecule has 8 heteroatoms. The number of unbranched alkanes of at least 4 members (excludes halogenated alkanes) is 1. The van der Waals surface area contributed by atoms with Crippen molar-refractivity contribution in [3.8, 4) is 0 Å². The number of hydrogen-bond acceptors (Lipinski definition) is 5. The minimum atomic E-state index is -0.484. The summed E-state index contributed by atoms with van der Waals surface area (Å²) in [6, 6.07) is 6.81. The Kier molecular flexibility index (Phi) is 7.01. The highest BCUT2D eigenvalue weighted by molar-refractivity contribution is 7.99. The number of thioether (sulfide) groups is 1. The fourth-order valence-corrected chi connectivity index (χ4v) is 3.07. The van der Waals surface area contributed by atoms with E-state index in [4.69, 9.17) is 0 Å². The number of Topliss-reactive ketones (excluding diaryl/α,β-unsaturated/α-hetero) is 1. The van der Waals surface area contributed by atoms with Gasteiger partial charge in [-0.2, -0.15) is 0 Å². The third kappa shape index (κ3) is 5.82. The van der Waals surface area contributed by atoms with Gasteiger partial charge in [-0.15, -0.1) is 5.10 Å². The molecule has 146 valence electrons. The van der Waals surface area contributed by atoms with E-state index in [9.17, 15) is 14.4 Å². The molecule has 2 N–H and O–H groups in total. The van der Waals surface area contributed by atoms with Crippen molar-refractivity contribution in [3.63, 3.8) is 0 Å². The SMILES string of the molecule is CCCCn1c(SCC(=O)c2ccc(NC(=O)C(C)(C)C)cc2)n[nH]c1=O. The highest BCUT2D eigenvalue weighted by atomic mass is 32.2. The maximum absolute atomic E-state index is 12.4. The lowest BCUT2D eigenvalue weighted by Gasteiger charge is -2.17. The Morgan fingerprint density at radius 3 is 2.48 bits per heavy atom. The van der Waals surface area contributed by atoms with Crippen LogP contribution < -0.4 is 11.0 Å². The van der Waals surface area contributed by atoms with Crippen LogP contribution in [0.5, 0.6) is 0 Å². The van der Waals surface area contributed by atoms with Gasteiger partial charge in [-0.1, -0.05) is 45.9 Å². The first-order valence-electron chi connectivity index (χ1n) is 8.95. The molecule has 0 saturated heterocycles. The maximum Gasteiger partial charge on any atom is 0.343 e. The summed E-state index contributed by atoms with van der Waals surface area (Å²) in [5, 5.41) is 9.78. The minimum absolute atomic E-state index is 0.0637. The summed E-state index contributed by atoms with van der Waals surface area (Å²) in [4.78, 5) is 36.2. The molecule has 0 aliphatic rings. The van der Waals surface area contributed by atoms with Crippen molar-refractivity contribution in [2.75, 3.05) is 11.1 Å². The Hall–Kier alpha value is -2.35. The van der Waals surface area contributed by atoms with Gasteiger partial charge >= 0.3 is 5.69 Å². The number of benzene rings is 1. The van der Waals surface area contributed by atoms with E-state index >= 15 is 0 Å². The predicted octanol–water partition coefficient (Wildman–Crippen LogP) is 3.33. The molecule has 0 fully saturated rings. The van der Waals surface area contributed by atoms with E-state index in [2.05, 4.69) is 22.4 Å². The van der Waals surface area contributed by atoms with Crippen LogP contribution >= 0.6 is 11.8 Å². The molecule has 27 heavy (non-hydrogen) atoms. The number of rotatable bonds is 8. The summed E-state index contributed by atoms with van der Waals surface area (Å²) < 4.78 is 1.56. The Morgan fingerprint density at radius 2 is 1.89 bits per heavy atom. The molecule has 0 unspecified atom stereocenters. The van der Waals surface area contributed by atoms with Crippen LogP contribution in [0.3, 0.4) is 0 Å². The van der Waals surface area contributed by atoms with E-state index in [1.807, 2.05) is 20.8 Å². The first-order chi connectivity index (χ1) is 12.7. The van der Waals surface area contributed by atoms with E-state index in [0.29, 0.717) is 23.0 Å². The number of carbonyl (C=O) groups is 2. The minimum Gasteiger partial charge on any atom is -0.326 e. The smallest absolute Gasteiger partial charge is 0.326 e. The van der Waals surface area contributed by atoms with Gasteiger partial charge < -0.3 is 5.32 Å². The number of ketones is 1. The van der Waals surface area contributed by atoms with Crippen LogP contribution in [-0.4, -0.2) is 32.2 Å². The molecule has 0 spiro atoms. The van der Waals surface area contributed by atoms with Gasteiger partial charge in [-0.3, -0.25) is 14.2 Å². The number of anilines is 1. The summed E-state index contributed by atoms with van der Waals surface area (Å²) in [6.07, 6.45) is 1.85. The number of H-pyrrole nitrogens is 1. The third-order valence-corrected chi connectivity index (χ3v) is 4.91. The largest absolute Gasteiger partial charge is 0.343 e. The topological polar surface area (TPSA) is 96.8 Å². The number of aromatic amines is 1. The summed E-state index contributed by atoms with van der Waals surface area (Å²) in [5.74, 6) is 0.0383. The van der Waals surface area contributed by atoms with Gasteiger partial charge in [0.25, 0.3) is 0 Å². The lowest BCUT2D eigenvalue weighted by molar-refractivity contribution is -0.123. The zero-order valence-electron chi connectivity index (χ0n) is 16.2. The maximum atomic E-state index is 12.4. The van der Waals surface area contributed by atoms with Crippen molar-refractivity contribution in [2.45, 2.75) is 52.2 Å². The average Bonchev–Trinajstić information content (AvgIpc) is 2.97. The monoisotopic (exact) mass is 390 g/mol. The zero-order chi connectivity index (χ0) is 20.0. The van der Waals surface area contributed by atoms with Crippen molar-refractivity contribution in [2.24, 2.45) is 5.41 Å². The number of carbonyl (C=O) groups excluding carboxylic acids is 2. The molecule has 0 saturated carbocycles. The Bertz CT molecular complexity index is 847. The molecule has 1 aromatic carbocycles. The number of amides is 1. The lowest BCUT2D eigenvalue weighted by atomic mass is 9.95. The molecule has 0 aliphatic heterocycles. The van der Waals surface area contributed by atoms with Gasteiger partial charge in [0.2, 0.25) is 5.91 Å². The number of aromatic nitrogens is 3. The molecule has 0 bridgehead atoms. The van der Waals surface area contributed by atoms with Crippen molar-refractivity contribution in [3.05, 3.63) is 40.3 Å². The highest BCUT2D eigenvalue weighted by Gasteiger charge is 2.21. The summed E-state index contributed by atoms with van der Waals surface area (Å²) in [6.45, 7) is 8.16. The number of nitrogens with zero attached hydrogens (tertiary/aromatic N) is 2. The van der Waals surface area contributed by atoms with Crippen molar-refractivity contribution >= 4 is 29.1 Å². The summed E-state index contributed by atoms with van der Waals surface area (Å²) in [7, 11) is 0. The molecule has 1 heterocycles. The van der Waals surface area contributed by atoms with Gasteiger partial charge in [-0.05, 0) is 30.7 Å². The normalized spacial score (nSPS) is 11.4. The first kappa shape index (κ1) is 21.0. The number of hydrogen-bond donors (Lipinski definition) is 2. The van der Waals surface area contributed by atoms with E-state index in [1.165, 1.54) is 11.8 Å². The molecule has 0 radical (unpaired) electrons. The quantitative estimate of drug-likeness (QED) is 0.532. The van der Waals surface area contributed by atoms with Crippen LogP contribution in [0.25, 0.3) is 0 Å². The van der Waals surface area contributed by atoms with Crippen molar-refractivity contribution < 1.29 is 9.59 Å². The fourth-order valence-electron chi connectivity index (χ4n) is 2.20. The number of nitrogens with one attached hydrogen (secondary N) is 2. The second-order valence-electron chi connectivity index (χ2n) is 7.31. The molecule has 2 aromatic rings. The van der Waals surface area contributed by atoms with E-state index in [1.54, 1.807) is 28.8 Å². The van der Waals surface area contributed by atoms with Gasteiger partial charge in [0, 0.05) is 23.2 Å². The Morgan fingerprint density at radius 1 is 1.22 bits per heavy atom. The van der Waals surface area contributed by atoms with Crippen LogP contribution in [0.4, 0.5) is 5.69 Å². The zero-order valence-corrected chi connectivity index (χ0v) is 17.0. The van der Waals surface area contributed by atoms with Crippen LogP contribution in [-0.2, 0) is 11.3 Å². The standard InChI is InChI=1S/C19H26N4O3S/c1-5-6-11-23-17(26)21-22-18(23)27-12-15(24)13-7-9-14(10-8-13)20-16(25)19(2,3)4/h7-10H,5-6,11-12H2,1-4H3,(H,20,25)(H,21,26). The van der Waals surface area contributed by atoms with E-state index in [0.717, 1.165) is 12.8 Å². The molecule has 0 aliphatic carbocycles. The fraction of sp³-hybridized carbons (Fsp3) is 0.474. The second-order valence-corrected chi connectivity index (χ2v) is 8.25. The van der Waals surface area contributed by atoms with Crippen molar-refractivity contribution in [1.29, 1.82) is 0 Å². The molecular weight excluding hydrogens is 364 g/mol. The Labute approximate surface area is 162 Å². The second kappa shape index (κ2) is 9.03. The predicted molar refractivity (Wildman–Crippen MR) is 107 cm³/mol. The third-order valence-electron chi connectivity index (χ3n) is 3.94. The average molecular weight is 391 g/mol. The molecule has 2 rings (SSSR count). The van der Waals surface area contributed by atoms with Gasteiger partial charge in [0.05, 0.1) is 5.75 Å². The first-order valence-corrected chi connectivity index (χ1v) is 9.93. The van der Waals surface area contributed by atoms with Gasteiger partial charge in [0.1, 0.15) is 0 Å². The van der Waals surface area contributed by atoms with E-state index in [-0.39, 0.29) is 23.1 Å². The van der Waals surface area contributed by atoms with Crippen LogP contribution in [0, 0.1) is 5.41 Å². The summed E-state index contributed by atoms with van der Waals surface area (Å²) in [5.41, 5.74) is 0.467. The lowest BCUT2D eigenvalue weighted by Crippen LogP contribution is -2.27. The van der Waals surface area contributed by atoms with Crippen LogP contribution in [0.15, 0.2) is 34.2 Å². The van der Waals surface area contributed by atoms with E-state index < -0.39 is 5.41 Å². The Balaban J connectivity index is 1.97. The van der Waals surface area contributed by atoms with Crippen LogP contribution in [0.2, 0.25) is 0 Å². The summed E-state index contributed by atoms with van der Waals surface area (Å²) >= 11 is 1.24. The molecule has 1 amide bonds. The highest BCUT2D eigenvalue weighted by Crippen LogP contribution is 2.19. The molecule has 0 atom stereocenters. The molecule has 7 nitrogen and oxygen atoms in total. The molecular formula is C19H26N4O3S. The molecule has 1 aromatic heterocycles. The van der Waals surface area contributed by atoms with Gasteiger partial charge in [-0.25, -0.2) is 9.89 Å². The van der Waals surface area contributed by atoms with Gasteiger partial charge in [0.15, 0.2) is 10.9 Å². The van der Waals surface area contributed by atoms with Crippen LogP contribution in [0.1, 0.15) is 50.9 Å². The van der Waals surface area contributed by atoms with Crippen molar-refractivity contribution in [1.82, 2.24) is 14.8 Å².